The van der Waals surface area contributed by atoms with Gasteiger partial charge in [-0.2, -0.15) is 0 Å². The number of aryl methyl sites for hydroxylation is 2. The topological polar surface area (TPSA) is 51.2 Å². The zero-order valence-electron chi connectivity index (χ0n) is 16.0. The summed E-state index contributed by atoms with van der Waals surface area (Å²) in [7, 11) is 0. The van der Waals surface area contributed by atoms with Crippen LogP contribution in [0.2, 0.25) is 0 Å². The Balaban J connectivity index is 1.32. The van der Waals surface area contributed by atoms with Crippen LogP contribution in [-0.4, -0.2) is 23.5 Å². The first-order valence-corrected chi connectivity index (χ1v) is 9.70. The van der Waals surface area contributed by atoms with Crippen LogP contribution in [0.5, 0.6) is 5.75 Å². The van der Waals surface area contributed by atoms with Crippen molar-refractivity contribution in [1.29, 1.82) is 0 Å². The van der Waals surface area contributed by atoms with Gasteiger partial charge in [0, 0.05) is 30.8 Å². The number of hydrogen-bond donors (Lipinski definition) is 1. The van der Waals surface area contributed by atoms with Crippen molar-refractivity contribution in [3.8, 4) is 16.9 Å². The number of amides is 1. The molecule has 0 saturated heterocycles. The van der Waals surface area contributed by atoms with Crippen LogP contribution >= 0.6 is 0 Å². The molecule has 1 amide bonds. The zero-order chi connectivity index (χ0) is 19.3. The molecule has 2 aromatic carbocycles. The highest BCUT2D eigenvalue weighted by atomic mass is 16.5. The number of rotatable bonds is 6. The van der Waals surface area contributed by atoms with E-state index in [1.807, 2.05) is 12.1 Å². The van der Waals surface area contributed by atoms with E-state index in [0.29, 0.717) is 13.0 Å². The van der Waals surface area contributed by atoms with Crippen LogP contribution in [0.25, 0.3) is 11.1 Å². The van der Waals surface area contributed by atoms with E-state index in [-0.39, 0.29) is 12.0 Å². The van der Waals surface area contributed by atoms with E-state index in [4.69, 9.17) is 4.74 Å². The lowest BCUT2D eigenvalue weighted by atomic mass is 10.0. The van der Waals surface area contributed by atoms with Crippen LogP contribution < -0.4 is 10.1 Å². The number of nitrogens with one attached hydrogen (secondary N) is 1. The molecule has 1 N–H and O–H groups in total. The van der Waals surface area contributed by atoms with E-state index < -0.39 is 0 Å². The van der Waals surface area contributed by atoms with Gasteiger partial charge in [-0.1, -0.05) is 48.0 Å². The molecule has 3 aromatic rings. The molecule has 1 unspecified atom stereocenters. The highest BCUT2D eigenvalue weighted by Crippen LogP contribution is 2.38. The van der Waals surface area contributed by atoms with E-state index in [1.54, 1.807) is 12.4 Å². The summed E-state index contributed by atoms with van der Waals surface area (Å²) in [4.78, 5) is 16.3. The normalized spacial score (nSPS) is 15.0. The SMILES string of the molecule is Cc1ccc(CCC(=O)NCC2Cc3cccc(-c4ccncc4)c3O2)cc1. The molecule has 4 heteroatoms. The van der Waals surface area contributed by atoms with E-state index in [9.17, 15) is 4.79 Å². The van der Waals surface area contributed by atoms with Crippen LogP contribution in [0.3, 0.4) is 0 Å². The number of carbonyl (C=O) groups excluding carboxylic acids is 1. The third-order valence-corrected chi connectivity index (χ3v) is 5.11. The molecule has 28 heavy (non-hydrogen) atoms. The Kier molecular flexibility index (Phi) is 5.38. The molecule has 1 aliphatic heterocycles. The summed E-state index contributed by atoms with van der Waals surface area (Å²) >= 11 is 0. The van der Waals surface area contributed by atoms with Gasteiger partial charge >= 0.3 is 0 Å². The number of fused-ring (bicyclic) bond motifs is 1. The first-order chi connectivity index (χ1) is 13.7. The highest BCUT2D eigenvalue weighted by molar-refractivity contribution is 5.76. The summed E-state index contributed by atoms with van der Waals surface area (Å²) in [6, 6.07) is 18.5. The van der Waals surface area contributed by atoms with E-state index in [0.717, 1.165) is 29.7 Å². The van der Waals surface area contributed by atoms with Gasteiger partial charge in [-0.05, 0) is 42.2 Å². The van der Waals surface area contributed by atoms with Gasteiger partial charge in [0.25, 0.3) is 0 Å². The minimum atomic E-state index is -0.0266. The van der Waals surface area contributed by atoms with Gasteiger partial charge in [0.15, 0.2) is 0 Å². The first-order valence-electron chi connectivity index (χ1n) is 9.70. The second-order valence-electron chi connectivity index (χ2n) is 7.26. The Labute approximate surface area is 165 Å². The van der Waals surface area contributed by atoms with Crippen molar-refractivity contribution in [2.24, 2.45) is 0 Å². The van der Waals surface area contributed by atoms with E-state index >= 15 is 0 Å². The molecule has 1 aliphatic rings. The monoisotopic (exact) mass is 372 g/mol. The molecule has 142 valence electrons. The molecule has 4 nitrogen and oxygen atoms in total. The van der Waals surface area contributed by atoms with Crippen molar-refractivity contribution in [3.05, 3.63) is 83.7 Å². The molecule has 0 spiro atoms. The summed E-state index contributed by atoms with van der Waals surface area (Å²) in [6.07, 6.45) is 5.60. The maximum atomic E-state index is 12.2. The molecule has 1 aromatic heterocycles. The quantitative estimate of drug-likeness (QED) is 0.708. The number of nitrogens with zero attached hydrogens (tertiary/aromatic N) is 1. The van der Waals surface area contributed by atoms with Crippen LogP contribution in [0.1, 0.15) is 23.1 Å². The molecule has 4 rings (SSSR count). The van der Waals surface area contributed by atoms with E-state index in [1.165, 1.54) is 16.7 Å². The fourth-order valence-corrected chi connectivity index (χ4v) is 3.54. The number of ether oxygens (including phenoxy) is 1. The molecular formula is C24H24N2O2. The predicted molar refractivity (Wildman–Crippen MR) is 110 cm³/mol. The van der Waals surface area contributed by atoms with Crippen LogP contribution in [0, 0.1) is 6.92 Å². The maximum Gasteiger partial charge on any atom is 0.220 e. The Morgan fingerprint density at radius 2 is 1.89 bits per heavy atom. The number of pyridine rings is 1. The average molecular weight is 372 g/mol. The van der Waals surface area contributed by atoms with Crippen LogP contribution in [0.15, 0.2) is 67.0 Å². The molecule has 0 radical (unpaired) electrons. The van der Waals surface area contributed by atoms with Gasteiger partial charge < -0.3 is 10.1 Å². The molecule has 1 atom stereocenters. The average Bonchev–Trinajstić information content (AvgIpc) is 3.15. The van der Waals surface area contributed by atoms with Gasteiger partial charge in [-0.3, -0.25) is 9.78 Å². The minimum absolute atomic E-state index is 0.0266. The Morgan fingerprint density at radius 1 is 1.11 bits per heavy atom. The van der Waals surface area contributed by atoms with Gasteiger partial charge in [-0.15, -0.1) is 0 Å². The number of benzene rings is 2. The molecular weight excluding hydrogens is 348 g/mol. The summed E-state index contributed by atoms with van der Waals surface area (Å²) < 4.78 is 6.18. The van der Waals surface area contributed by atoms with Gasteiger partial charge in [0.05, 0.1) is 6.54 Å². The third-order valence-electron chi connectivity index (χ3n) is 5.11. The summed E-state index contributed by atoms with van der Waals surface area (Å²) in [5.74, 6) is 0.988. The Hall–Kier alpha value is -3.14. The summed E-state index contributed by atoms with van der Waals surface area (Å²) in [5, 5.41) is 3.03. The number of carbonyl (C=O) groups is 1. The van der Waals surface area contributed by atoms with Crippen molar-refractivity contribution in [2.75, 3.05) is 6.54 Å². The molecule has 0 aliphatic carbocycles. The standard InChI is InChI=1S/C24H24N2O2/c1-17-5-7-18(8-6-17)9-10-23(27)26-16-21-15-20-3-2-4-22(24(20)28-21)19-11-13-25-14-12-19/h2-8,11-14,21H,9-10,15-16H2,1H3,(H,26,27). The first kappa shape index (κ1) is 18.2. The second-order valence-corrected chi connectivity index (χ2v) is 7.26. The number of para-hydroxylation sites is 1. The summed E-state index contributed by atoms with van der Waals surface area (Å²) in [5.41, 5.74) is 5.78. The Morgan fingerprint density at radius 3 is 2.68 bits per heavy atom. The van der Waals surface area contributed by atoms with Gasteiger partial charge in [0.1, 0.15) is 11.9 Å². The van der Waals surface area contributed by atoms with Crippen LogP contribution in [-0.2, 0) is 17.6 Å². The van der Waals surface area contributed by atoms with Crippen LogP contribution in [0.4, 0.5) is 0 Å². The fraction of sp³-hybridized carbons (Fsp3) is 0.250. The lowest BCUT2D eigenvalue weighted by molar-refractivity contribution is -0.121. The van der Waals surface area contributed by atoms with Crippen molar-refractivity contribution in [1.82, 2.24) is 10.3 Å². The number of aromatic nitrogens is 1. The minimum Gasteiger partial charge on any atom is -0.487 e. The van der Waals surface area contributed by atoms with Gasteiger partial charge in [0.2, 0.25) is 5.91 Å². The Bertz CT molecular complexity index is 952. The molecule has 2 heterocycles. The van der Waals surface area contributed by atoms with Crippen molar-refractivity contribution in [2.45, 2.75) is 32.3 Å². The zero-order valence-corrected chi connectivity index (χ0v) is 16.0. The van der Waals surface area contributed by atoms with E-state index in [2.05, 4.69) is 59.7 Å². The highest BCUT2D eigenvalue weighted by Gasteiger charge is 2.25. The smallest absolute Gasteiger partial charge is 0.220 e. The fourth-order valence-electron chi connectivity index (χ4n) is 3.54. The number of hydrogen-bond acceptors (Lipinski definition) is 3. The lowest BCUT2D eigenvalue weighted by Crippen LogP contribution is -2.34. The largest absolute Gasteiger partial charge is 0.487 e. The lowest BCUT2D eigenvalue weighted by Gasteiger charge is -2.13. The molecule has 0 bridgehead atoms. The predicted octanol–water partition coefficient (Wildman–Crippen LogP) is 4.11. The second kappa shape index (κ2) is 8.26. The molecule has 0 saturated carbocycles. The van der Waals surface area contributed by atoms with Crippen molar-refractivity contribution < 1.29 is 9.53 Å². The maximum absolute atomic E-state index is 12.2. The van der Waals surface area contributed by atoms with Crippen molar-refractivity contribution >= 4 is 5.91 Å². The summed E-state index contributed by atoms with van der Waals surface area (Å²) in [6.45, 7) is 2.59. The van der Waals surface area contributed by atoms with Crippen molar-refractivity contribution in [3.63, 3.8) is 0 Å². The third kappa shape index (κ3) is 4.22. The molecule has 0 fully saturated rings. The van der Waals surface area contributed by atoms with Gasteiger partial charge in [-0.25, -0.2) is 0 Å².